The standard InChI is InChI=1S/C11H18N6O2S/c1-16-6-5-8-9(16)13-11(12)14-10(8)17(7-3-4-7)15-20(2,18)19/h7,15H,3-6H2,1-2H3,(H2,12,13,14). The van der Waals surface area contributed by atoms with Gasteiger partial charge in [-0.05, 0) is 19.3 Å². The molecule has 1 fully saturated rings. The van der Waals surface area contributed by atoms with Crippen molar-refractivity contribution in [2.75, 3.05) is 35.5 Å². The van der Waals surface area contributed by atoms with Crippen molar-refractivity contribution in [3.05, 3.63) is 5.56 Å². The van der Waals surface area contributed by atoms with Crippen LogP contribution in [-0.2, 0) is 16.4 Å². The highest BCUT2D eigenvalue weighted by molar-refractivity contribution is 7.88. The van der Waals surface area contributed by atoms with Crippen molar-refractivity contribution in [2.24, 2.45) is 0 Å². The Morgan fingerprint density at radius 3 is 2.70 bits per heavy atom. The SMILES string of the molecule is CN1CCc2c1nc(N)nc2N(NS(C)(=O)=O)C1CC1. The Morgan fingerprint density at radius 1 is 1.40 bits per heavy atom. The van der Waals surface area contributed by atoms with Crippen LogP contribution in [0.1, 0.15) is 18.4 Å². The van der Waals surface area contributed by atoms with E-state index in [2.05, 4.69) is 14.8 Å². The summed E-state index contributed by atoms with van der Waals surface area (Å²) in [4.78, 5) is 13.1. The highest BCUT2D eigenvalue weighted by atomic mass is 32.2. The van der Waals surface area contributed by atoms with E-state index in [1.807, 2.05) is 11.9 Å². The molecule has 0 amide bonds. The van der Waals surface area contributed by atoms with Crippen molar-refractivity contribution < 1.29 is 8.42 Å². The van der Waals surface area contributed by atoms with E-state index >= 15 is 0 Å². The lowest BCUT2D eigenvalue weighted by Crippen LogP contribution is -2.44. The zero-order valence-corrected chi connectivity index (χ0v) is 12.3. The molecule has 0 spiro atoms. The number of nitrogen functional groups attached to an aromatic ring is 1. The van der Waals surface area contributed by atoms with E-state index in [0.29, 0.717) is 5.82 Å². The summed E-state index contributed by atoms with van der Waals surface area (Å²) in [6, 6.07) is 0.147. The van der Waals surface area contributed by atoms with E-state index < -0.39 is 10.0 Å². The van der Waals surface area contributed by atoms with Crippen LogP contribution in [0.2, 0.25) is 0 Å². The predicted molar refractivity (Wildman–Crippen MR) is 76.9 cm³/mol. The molecule has 0 bridgehead atoms. The second-order valence-electron chi connectivity index (χ2n) is 5.34. The Balaban J connectivity index is 2.05. The first-order valence-corrected chi connectivity index (χ1v) is 8.38. The minimum atomic E-state index is -3.36. The quantitative estimate of drug-likeness (QED) is 0.721. The van der Waals surface area contributed by atoms with E-state index in [1.54, 1.807) is 5.01 Å². The maximum atomic E-state index is 11.6. The molecule has 0 saturated heterocycles. The van der Waals surface area contributed by atoms with Crippen LogP contribution in [0.15, 0.2) is 0 Å². The maximum absolute atomic E-state index is 11.6. The zero-order valence-electron chi connectivity index (χ0n) is 11.5. The van der Waals surface area contributed by atoms with Gasteiger partial charge < -0.3 is 10.6 Å². The van der Waals surface area contributed by atoms with E-state index in [9.17, 15) is 8.42 Å². The van der Waals surface area contributed by atoms with Gasteiger partial charge >= 0.3 is 0 Å². The maximum Gasteiger partial charge on any atom is 0.225 e. The second-order valence-corrected chi connectivity index (χ2v) is 7.07. The van der Waals surface area contributed by atoms with E-state index in [-0.39, 0.29) is 12.0 Å². The molecule has 110 valence electrons. The van der Waals surface area contributed by atoms with E-state index in [1.165, 1.54) is 0 Å². The Labute approximate surface area is 118 Å². The summed E-state index contributed by atoms with van der Waals surface area (Å²) in [7, 11) is -1.42. The van der Waals surface area contributed by atoms with Crippen molar-refractivity contribution in [2.45, 2.75) is 25.3 Å². The minimum Gasteiger partial charge on any atom is -0.368 e. The molecule has 0 atom stereocenters. The molecule has 8 nitrogen and oxygen atoms in total. The molecule has 3 rings (SSSR count). The number of nitrogens with zero attached hydrogens (tertiary/aromatic N) is 4. The van der Waals surface area contributed by atoms with E-state index in [0.717, 1.165) is 43.4 Å². The van der Waals surface area contributed by atoms with Crippen LogP contribution in [0, 0.1) is 0 Å². The van der Waals surface area contributed by atoms with Crippen molar-refractivity contribution in [1.82, 2.24) is 14.8 Å². The summed E-state index contributed by atoms with van der Waals surface area (Å²) >= 11 is 0. The van der Waals surface area contributed by atoms with Gasteiger partial charge in [0.2, 0.25) is 16.0 Å². The van der Waals surface area contributed by atoms with Crippen molar-refractivity contribution in [3.8, 4) is 0 Å². The van der Waals surface area contributed by atoms with Gasteiger partial charge in [0.25, 0.3) is 0 Å². The summed E-state index contributed by atoms with van der Waals surface area (Å²) in [5, 5.41) is 1.63. The van der Waals surface area contributed by atoms with E-state index in [4.69, 9.17) is 5.73 Å². The van der Waals surface area contributed by atoms with Crippen molar-refractivity contribution in [1.29, 1.82) is 0 Å². The molecule has 2 heterocycles. The van der Waals surface area contributed by atoms with Crippen molar-refractivity contribution in [3.63, 3.8) is 0 Å². The molecule has 0 aromatic carbocycles. The van der Waals surface area contributed by atoms with Gasteiger partial charge in [0.15, 0.2) is 5.82 Å². The first-order valence-electron chi connectivity index (χ1n) is 6.49. The minimum absolute atomic E-state index is 0.147. The second kappa shape index (κ2) is 4.45. The Morgan fingerprint density at radius 2 is 2.10 bits per heavy atom. The monoisotopic (exact) mass is 298 g/mol. The molecule has 9 heteroatoms. The van der Waals surface area contributed by atoms with Gasteiger partial charge in [-0.1, -0.05) is 0 Å². The van der Waals surface area contributed by atoms with Crippen LogP contribution in [0.25, 0.3) is 0 Å². The molecule has 20 heavy (non-hydrogen) atoms. The highest BCUT2D eigenvalue weighted by Crippen LogP contribution is 2.37. The van der Waals surface area contributed by atoms with Crippen LogP contribution in [-0.4, -0.2) is 44.3 Å². The summed E-state index contributed by atoms with van der Waals surface area (Å²) in [6.07, 6.45) is 3.81. The smallest absolute Gasteiger partial charge is 0.225 e. The average molecular weight is 298 g/mol. The third kappa shape index (κ3) is 2.50. The molecule has 1 aliphatic carbocycles. The predicted octanol–water partition coefficient (Wildman–Crippen LogP) is -0.516. The zero-order chi connectivity index (χ0) is 14.5. The number of likely N-dealkylation sites (N-methyl/N-ethyl adjacent to an activating group) is 1. The van der Waals surface area contributed by atoms with Crippen molar-refractivity contribution >= 4 is 27.6 Å². The third-order valence-electron chi connectivity index (χ3n) is 3.44. The molecule has 2 aliphatic rings. The molecular formula is C11H18N6O2S. The van der Waals surface area contributed by atoms with Gasteiger partial charge in [0, 0.05) is 25.2 Å². The number of aromatic nitrogens is 2. The number of hydrogen-bond donors (Lipinski definition) is 2. The van der Waals surface area contributed by atoms with Crippen LogP contribution in [0.4, 0.5) is 17.6 Å². The van der Waals surface area contributed by atoms with Gasteiger partial charge in [-0.25, -0.2) is 8.42 Å². The van der Waals surface area contributed by atoms with Crippen LogP contribution in [0.3, 0.4) is 0 Å². The number of hydrazine groups is 1. The van der Waals surface area contributed by atoms with Crippen LogP contribution in [0.5, 0.6) is 0 Å². The summed E-state index contributed by atoms with van der Waals surface area (Å²) in [5.74, 6) is 1.53. The molecule has 3 N–H and O–H groups in total. The number of nitrogens with two attached hydrogens (primary N) is 1. The molecule has 1 aromatic rings. The van der Waals surface area contributed by atoms with Gasteiger partial charge in [-0.2, -0.15) is 9.97 Å². The van der Waals surface area contributed by atoms with Crippen LogP contribution >= 0.6 is 0 Å². The average Bonchev–Trinajstić information content (AvgIpc) is 3.11. The number of nitrogens with one attached hydrogen (secondary N) is 1. The van der Waals surface area contributed by atoms with Gasteiger partial charge in [0.1, 0.15) is 5.82 Å². The number of anilines is 3. The third-order valence-corrected chi connectivity index (χ3v) is 3.97. The first kappa shape index (κ1) is 13.4. The number of rotatable bonds is 4. The lowest BCUT2D eigenvalue weighted by atomic mass is 10.2. The fourth-order valence-corrected chi connectivity index (χ4v) is 3.00. The van der Waals surface area contributed by atoms with Crippen LogP contribution < -0.4 is 20.5 Å². The summed E-state index contributed by atoms with van der Waals surface area (Å²) in [6.45, 7) is 0.831. The van der Waals surface area contributed by atoms with Gasteiger partial charge in [-0.3, -0.25) is 5.01 Å². The Hall–Kier alpha value is -1.61. The molecule has 1 saturated carbocycles. The molecule has 1 aliphatic heterocycles. The number of fused-ring (bicyclic) bond motifs is 1. The lowest BCUT2D eigenvalue weighted by molar-refractivity contribution is 0.579. The van der Waals surface area contributed by atoms with Gasteiger partial charge in [-0.15, -0.1) is 4.83 Å². The molecular weight excluding hydrogens is 280 g/mol. The fourth-order valence-electron chi connectivity index (χ4n) is 2.40. The molecule has 0 unspecified atom stereocenters. The highest BCUT2D eigenvalue weighted by Gasteiger charge is 2.36. The number of hydrogen-bond acceptors (Lipinski definition) is 7. The van der Waals surface area contributed by atoms with Gasteiger partial charge in [0.05, 0.1) is 6.26 Å². The topological polar surface area (TPSA) is 104 Å². The first-order chi connectivity index (χ1) is 9.35. The Bertz CT molecular complexity index is 643. The summed E-state index contributed by atoms with van der Waals surface area (Å²) < 4.78 is 23.1. The normalized spacial score (nSPS) is 18.2. The summed E-state index contributed by atoms with van der Waals surface area (Å²) in [5.41, 5.74) is 6.71. The lowest BCUT2D eigenvalue weighted by Gasteiger charge is -2.25. The largest absolute Gasteiger partial charge is 0.368 e. The number of sulfonamides is 1. The fraction of sp³-hybridized carbons (Fsp3) is 0.636. The molecule has 1 aromatic heterocycles. The molecule has 0 radical (unpaired) electrons. The Kier molecular flexibility index (Phi) is 2.98.